The molecule has 0 bridgehead atoms. The van der Waals surface area contributed by atoms with Gasteiger partial charge in [0.25, 0.3) is 5.69 Å². The van der Waals surface area contributed by atoms with Crippen LogP contribution in [-0.4, -0.2) is 61.5 Å². The number of aliphatic imine (C=N–C) groups is 1. The first-order valence-electron chi connectivity index (χ1n) is 14.2. The lowest BCUT2D eigenvalue weighted by atomic mass is 10.1. The number of hydrogen-bond donors (Lipinski definition) is 4. The number of likely N-dealkylation sites (tertiary alicyclic amines) is 1. The molecule has 1 fully saturated rings. The Morgan fingerprint density at radius 2 is 2.07 bits per heavy atom. The van der Waals surface area contributed by atoms with Crippen LogP contribution in [0.2, 0.25) is 0 Å². The Kier molecular flexibility index (Phi) is 7.93. The molecule has 1 amide bonds. The number of aromatic hydroxyl groups is 1. The van der Waals surface area contributed by atoms with Crippen LogP contribution in [0.3, 0.4) is 0 Å². The zero-order valence-electron chi connectivity index (χ0n) is 24.4. The Hall–Kier alpha value is -4.80. The van der Waals surface area contributed by atoms with Gasteiger partial charge >= 0.3 is 6.09 Å². The van der Waals surface area contributed by atoms with E-state index in [1.807, 2.05) is 52.1 Å². The molecular weight excluding hydrogens is 534 g/mol. The number of nitrogens with one attached hydrogen (secondary N) is 1. The normalized spacial score (nSPS) is 15.8. The van der Waals surface area contributed by atoms with Gasteiger partial charge in [-0.2, -0.15) is 5.10 Å². The van der Waals surface area contributed by atoms with Crippen LogP contribution in [0, 0.1) is 0 Å². The van der Waals surface area contributed by atoms with Crippen LogP contribution in [0.5, 0.6) is 5.75 Å². The van der Waals surface area contributed by atoms with E-state index in [4.69, 9.17) is 15.5 Å². The van der Waals surface area contributed by atoms with E-state index in [-0.39, 0.29) is 23.7 Å². The molecule has 1 aliphatic heterocycles. The molecule has 5 N–H and O–H groups in total. The summed E-state index contributed by atoms with van der Waals surface area (Å²) in [6.45, 7) is 8.67. The summed E-state index contributed by atoms with van der Waals surface area (Å²) in [5, 5.41) is 28.5. The van der Waals surface area contributed by atoms with Crippen molar-refractivity contribution in [1.29, 1.82) is 0 Å². The number of phenols is 1. The summed E-state index contributed by atoms with van der Waals surface area (Å²) in [5.74, 6) is 0.423. The highest BCUT2D eigenvalue weighted by molar-refractivity contribution is 6.06. The average Bonchev–Trinajstić information content (AvgIpc) is 3.59. The number of phenolic OH excluding ortho intramolecular Hbond substituents is 1. The molecule has 3 aromatic heterocycles. The first-order chi connectivity index (χ1) is 20.0. The SMILES string of the molecule is CCc1cc(O)ccc1N=C(N)c1cnn2cc(-c3cccc[n+]3O)cc2c1NC[C@H]1CCCN1C(=O)OC(C)(C)C. The standard InChI is InChI=1S/C31H37N7O4/c1-5-20-15-23(39)11-12-25(20)35-29(32)24-18-34-37-19-21(26-10-6-7-14-38(26)41)16-27(37)28(24)33-17-22-9-8-13-36(22)30(40)42-31(2,3)4/h6-7,10-12,14-16,18-19,22H,5,8-9,13,17H2,1-4H3,(H4-,32,33,34,35,39,41)/p+1/t22-/m1/s1. The number of aryl methyl sites for hydroxylation is 1. The van der Waals surface area contributed by atoms with Crippen molar-refractivity contribution in [2.45, 2.75) is 58.6 Å². The Morgan fingerprint density at radius 1 is 1.26 bits per heavy atom. The van der Waals surface area contributed by atoms with Crippen molar-refractivity contribution in [2.24, 2.45) is 10.7 Å². The maximum absolute atomic E-state index is 12.9. The van der Waals surface area contributed by atoms with E-state index < -0.39 is 5.60 Å². The monoisotopic (exact) mass is 572 g/mol. The van der Waals surface area contributed by atoms with Gasteiger partial charge in [0.2, 0.25) is 6.20 Å². The number of fused-ring (bicyclic) bond motifs is 1. The molecule has 220 valence electrons. The third kappa shape index (κ3) is 6.09. The number of hydrogen-bond acceptors (Lipinski definition) is 7. The maximum atomic E-state index is 12.9. The van der Waals surface area contributed by atoms with Crippen LogP contribution < -0.4 is 15.8 Å². The van der Waals surface area contributed by atoms with Crippen molar-refractivity contribution in [3.63, 3.8) is 0 Å². The molecular formula is C31H38N7O4+. The molecule has 1 atom stereocenters. The van der Waals surface area contributed by atoms with Crippen molar-refractivity contribution in [2.75, 3.05) is 18.4 Å². The predicted molar refractivity (Wildman–Crippen MR) is 160 cm³/mol. The fraction of sp³-hybridized carbons (Fsp3) is 0.355. The molecule has 11 heteroatoms. The Balaban J connectivity index is 1.54. The van der Waals surface area contributed by atoms with Crippen molar-refractivity contribution in [1.82, 2.24) is 14.5 Å². The van der Waals surface area contributed by atoms with Gasteiger partial charge in [0.15, 0.2) is 0 Å². The molecule has 0 saturated carbocycles. The van der Waals surface area contributed by atoms with Crippen LogP contribution in [0.25, 0.3) is 16.8 Å². The summed E-state index contributed by atoms with van der Waals surface area (Å²) < 4.78 is 8.44. The van der Waals surface area contributed by atoms with Crippen molar-refractivity contribution in [3.8, 4) is 17.0 Å². The second-order valence-electron chi connectivity index (χ2n) is 11.4. The average molecular weight is 573 g/mol. The van der Waals surface area contributed by atoms with Crippen molar-refractivity contribution >= 4 is 28.8 Å². The second-order valence-corrected chi connectivity index (χ2v) is 11.4. The minimum absolute atomic E-state index is 0.0778. The highest BCUT2D eigenvalue weighted by Gasteiger charge is 2.32. The number of anilines is 1. The number of aromatic nitrogens is 3. The smallest absolute Gasteiger partial charge is 0.410 e. The molecule has 0 unspecified atom stereocenters. The first kappa shape index (κ1) is 28.7. The molecule has 1 aromatic carbocycles. The number of rotatable bonds is 7. The lowest BCUT2D eigenvalue weighted by Gasteiger charge is -2.29. The lowest BCUT2D eigenvalue weighted by molar-refractivity contribution is -0.896. The van der Waals surface area contributed by atoms with Crippen LogP contribution in [-0.2, 0) is 11.2 Å². The molecule has 11 nitrogen and oxygen atoms in total. The van der Waals surface area contributed by atoms with Crippen LogP contribution in [0.4, 0.5) is 16.2 Å². The zero-order valence-corrected chi connectivity index (χ0v) is 24.4. The number of pyridine rings is 1. The third-order valence-corrected chi connectivity index (χ3v) is 7.25. The topological polar surface area (TPSA) is 142 Å². The summed E-state index contributed by atoms with van der Waals surface area (Å²) in [6, 6.07) is 12.3. The van der Waals surface area contributed by atoms with Gasteiger partial charge < -0.3 is 25.8 Å². The number of carbonyl (C=O) groups is 1. The van der Waals surface area contributed by atoms with Gasteiger partial charge in [0, 0.05) is 36.1 Å². The number of nitrogens with zero attached hydrogens (tertiary/aromatic N) is 5. The quantitative estimate of drug-likeness (QED) is 0.109. The first-order valence-corrected chi connectivity index (χ1v) is 14.2. The van der Waals surface area contributed by atoms with Crippen LogP contribution >= 0.6 is 0 Å². The number of amidine groups is 1. The van der Waals surface area contributed by atoms with Gasteiger partial charge in [-0.15, -0.1) is 0 Å². The van der Waals surface area contributed by atoms with Gasteiger partial charge in [-0.3, -0.25) is 5.21 Å². The summed E-state index contributed by atoms with van der Waals surface area (Å²) in [5.41, 5.74) is 10.9. The third-order valence-electron chi connectivity index (χ3n) is 7.25. The molecule has 4 heterocycles. The highest BCUT2D eigenvalue weighted by atomic mass is 16.6. The molecule has 5 rings (SSSR count). The molecule has 0 radical (unpaired) electrons. The summed E-state index contributed by atoms with van der Waals surface area (Å²) in [4.78, 5) is 19.4. The van der Waals surface area contributed by atoms with Crippen LogP contribution in [0.1, 0.15) is 51.7 Å². The Morgan fingerprint density at radius 3 is 2.81 bits per heavy atom. The van der Waals surface area contributed by atoms with E-state index in [1.54, 1.807) is 46.1 Å². The van der Waals surface area contributed by atoms with Crippen molar-refractivity contribution in [3.05, 3.63) is 72.2 Å². The van der Waals surface area contributed by atoms with Crippen LogP contribution in [0.15, 0.2) is 66.0 Å². The van der Waals surface area contributed by atoms with E-state index in [9.17, 15) is 15.1 Å². The van der Waals surface area contributed by atoms with E-state index in [0.29, 0.717) is 42.1 Å². The number of nitrogens with two attached hydrogens (primary N) is 1. The minimum atomic E-state index is -0.581. The minimum Gasteiger partial charge on any atom is -0.508 e. The summed E-state index contributed by atoms with van der Waals surface area (Å²) in [7, 11) is 0. The number of amides is 1. The largest absolute Gasteiger partial charge is 0.508 e. The Bertz CT molecular complexity index is 1640. The van der Waals surface area contributed by atoms with Gasteiger partial charge in [-0.25, -0.2) is 14.3 Å². The fourth-order valence-electron chi connectivity index (χ4n) is 5.22. The van der Waals surface area contributed by atoms with E-state index in [1.165, 1.54) is 0 Å². The number of ether oxygens (including phenoxy) is 1. The fourth-order valence-corrected chi connectivity index (χ4v) is 5.22. The van der Waals surface area contributed by atoms with Gasteiger partial charge in [0.05, 0.1) is 40.3 Å². The van der Waals surface area contributed by atoms with E-state index in [2.05, 4.69) is 10.4 Å². The highest BCUT2D eigenvalue weighted by Crippen LogP contribution is 2.30. The van der Waals surface area contributed by atoms with Gasteiger partial charge in [-0.1, -0.05) is 6.92 Å². The summed E-state index contributed by atoms with van der Waals surface area (Å²) in [6.07, 6.45) is 7.11. The van der Waals surface area contributed by atoms with E-state index in [0.717, 1.165) is 34.2 Å². The van der Waals surface area contributed by atoms with Crippen molar-refractivity contribution < 1.29 is 24.6 Å². The molecule has 0 aliphatic carbocycles. The zero-order chi connectivity index (χ0) is 30.0. The number of benzene rings is 1. The van der Waals surface area contributed by atoms with E-state index >= 15 is 0 Å². The molecule has 0 spiro atoms. The lowest BCUT2D eigenvalue weighted by Crippen LogP contribution is -2.42. The Labute approximate surface area is 244 Å². The van der Waals surface area contributed by atoms with Gasteiger partial charge in [0.1, 0.15) is 17.2 Å². The predicted octanol–water partition coefficient (Wildman–Crippen LogP) is 4.64. The number of carbonyl (C=O) groups excluding carboxylic acids is 1. The maximum Gasteiger partial charge on any atom is 0.410 e. The second kappa shape index (κ2) is 11.6. The van der Waals surface area contributed by atoms with Gasteiger partial charge in [-0.05, 0) is 75.9 Å². The summed E-state index contributed by atoms with van der Waals surface area (Å²) >= 11 is 0. The molecule has 42 heavy (non-hydrogen) atoms. The molecule has 1 saturated heterocycles. The molecule has 4 aromatic rings. The molecule has 1 aliphatic rings.